The number of methoxy groups -OCH3 is 3. The lowest BCUT2D eigenvalue weighted by molar-refractivity contribution is 0.0619. The van der Waals surface area contributed by atoms with Gasteiger partial charge >= 0.3 is 0 Å². The molecule has 2 rings (SSSR count). The van der Waals surface area contributed by atoms with Crippen molar-refractivity contribution >= 4 is 0 Å². The highest BCUT2D eigenvalue weighted by atomic mass is 16.5. The van der Waals surface area contributed by atoms with Crippen LogP contribution in [0.15, 0.2) is 12.1 Å². The number of aliphatic hydroxyl groups is 1. The molecule has 0 radical (unpaired) electrons. The molecule has 1 aromatic rings. The van der Waals surface area contributed by atoms with Crippen molar-refractivity contribution < 1.29 is 19.3 Å². The minimum Gasteiger partial charge on any atom is -0.496 e. The number of ether oxygens (including phenoxy) is 3. The van der Waals surface area contributed by atoms with E-state index in [9.17, 15) is 5.11 Å². The van der Waals surface area contributed by atoms with Crippen LogP contribution in [0.3, 0.4) is 0 Å². The van der Waals surface area contributed by atoms with Gasteiger partial charge in [0.05, 0.1) is 27.4 Å². The third kappa shape index (κ3) is 2.83. The minimum absolute atomic E-state index is 0.0157. The fraction of sp³-hybridized carbons (Fsp3) is 0.600. The average Bonchev–Trinajstić information content (AvgIpc) is 2.46. The first kappa shape index (κ1) is 14.9. The van der Waals surface area contributed by atoms with Gasteiger partial charge in [-0.3, -0.25) is 0 Å². The topological polar surface area (TPSA) is 51.2 Å². The fourth-order valence-electron chi connectivity index (χ4n) is 2.82. The van der Waals surface area contributed by atoms with Crippen molar-refractivity contribution in [2.45, 2.75) is 18.4 Å². The Morgan fingerprint density at radius 3 is 2.15 bits per heavy atom. The maximum absolute atomic E-state index is 10.4. The van der Waals surface area contributed by atoms with E-state index in [4.69, 9.17) is 14.2 Å². The molecule has 0 saturated carbocycles. The molecule has 20 heavy (non-hydrogen) atoms. The van der Waals surface area contributed by atoms with Crippen LogP contribution in [0, 0.1) is 0 Å². The number of nitrogens with zero attached hydrogens (tertiary/aromatic N) is 1. The number of β-amino-alcohol motifs (C(OH)–C–C–N with tert-alkyl or cyclic N) is 1. The lowest BCUT2D eigenvalue weighted by atomic mass is 9.86. The highest BCUT2D eigenvalue weighted by Gasteiger charge is 2.32. The lowest BCUT2D eigenvalue weighted by Crippen LogP contribution is -2.40. The summed E-state index contributed by atoms with van der Waals surface area (Å²) in [5, 5.41) is 10.4. The second kappa shape index (κ2) is 6.33. The van der Waals surface area contributed by atoms with Gasteiger partial charge in [0.15, 0.2) is 0 Å². The zero-order valence-electron chi connectivity index (χ0n) is 12.5. The Morgan fingerprint density at radius 2 is 1.70 bits per heavy atom. The summed E-state index contributed by atoms with van der Waals surface area (Å²) in [6, 6.07) is 3.67. The van der Waals surface area contributed by atoms with Gasteiger partial charge in [-0.05, 0) is 20.0 Å². The highest BCUT2D eigenvalue weighted by molar-refractivity contribution is 5.53. The number of likely N-dealkylation sites (tertiary alicyclic amines) is 1. The number of aliphatic hydroxyl groups excluding tert-OH is 1. The van der Waals surface area contributed by atoms with Crippen molar-refractivity contribution in [3.63, 3.8) is 0 Å². The van der Waals surface area contributed by atoms with Gasteiger partial charge in [-0.25, -0.2) is 0 Å². The van der Waals surface area contributed by atoms with E-state index in [2.05, 4.69) is 4.90 Å². The normalized spacial score (nSPS) is 23.4. The predicted molar refractivity (Wildman–Crippen MR) is 77.0 cm³/mol. The molecule has 1 saturated heterocycles. The van der Waals surface area contributed by atoms with E-state index >= 15 is 0 Å². The maximum atomic E-state index is 10.4. The molecule has 1 fully saturated rings. The smallest absolute Gasteiger partial charge is 0.129 e. The number of piperidine rings is 1. The van der Waals surface area contributed by atoms with Crippen LogP contribution in [0.25, 0.3) is 0 Å². The predicted octanol–water partition coefficient (Wildman–Crippen LogP) is 1.49. The third-order valence-corrected chi connectivity index (χ3v) is 3.91. The van der Waals surface area contributed by atoms with Crippen LogP contribution in [0.4, 0.5) is 0 Å². The first-order valence-electron chi connectivity index (χ1n) is 6.77. The molecule has 0 aromatic heterocycles. The summed E-state index contributed by atoms with van der Waals surface area (Å²) in [6.07, 6.45) is 0.446. The summed E-state index contributed by atoms with van der Waals surface area (Å²) in [4.78, 5) is 2.13. The van der Waals surface area contributed by atoms with Crippen LogP contribution < -0.4 is 14.2 Å². The molecule has 0 unspecified atom stereocenters. The molecule has 0 bridgehead atoms. The Morgan fingerprint density at radius 1 is 1.10 bits per heavy atom. The summed E-state index contributed by atoms with van der Waals surface area (Å²) in [5.74, 6) is 2.11. The van der Waals surface area contributed by atoms with Gasteiger partial charge in [0.1, 0.15) is 17.2 Å². The molecule has 1 aliphatic rings. The molecule has 1 aliphatic heterocycles. The zero-order chi connectivity index (χ0) is 14.7. The van der Waals surface area contributed by atoms with Crippen molar-refractivity contribution in [1.29, 1.82) is 0 Å². The fourth-order valence-corrected chi connectivity index (χ4v) is 2.82. The van der Waals surface area contributed by atoms with Gasteiger partial charge in [0, 0.05) is 30.2 Å². The average molecular weight is 281 g/mol. The number of rotatable bonds is 4. The van der Waals surface area contributed by atoms with Crippen LogP contribution >= 0.6 is 0 Å². The van der Waals surface area contributed by atoms with Crippen LogP contribution in [0.5, 0.6) is 17.2 Å². The first-order chi connectivity index (χ1) is 9.60. The molecule has 112 valence electrons. The Hall–Kier alpha value is -1.46. The molecule has 5 heteroatoms. The van der Waals surface area contributed by atoms with Crippen molar-refractivity contribution in [3.05, 3.63) is 17.7 Å². The Kier molecular flexibility index (Phi) is 4.73. The van der Waals surface area contributed by atoms with E-state index in [-0.39, 0.29) is 5.92 Å². The summed E-state index contributed by atoms with van der Waals surface area (Å²) < 4.78 is 16.2. The number of likely N-dealkylation sites (N-methyl/N-ethyl adjacent to an activating group) is 1. The zero-order valence-corrected chi connectivity index (χ0v) is 12.5. The molecule has 1 heterocycles. The van der Waals surface area contributed by atoms with Crippen molar-refractivity contribution in [2.24, 2.45) is 0 Å². The molecular formula is C15H23NO4. The molecule has 0 aliphatic carbocycles. The van der Waals surface area contributed by atoms with E-state index in [1.807, 2.05) is 19.2 Å². The standard InChI is InChI=1S/C15H23NO4/c1-16-6-5-11(12(17)9-16)15-13(19-3)7-10(18-2)8-14(15)20-4/h7-8,11-12,17H,5-6,9H2,1-4H3/t11-,12+/m0/s1. The molecule has 2 atom stereocenters. The molecule has 5 nitrogen and oxygen atoms in total. The summed E-state index contributed by atoms with van der Waals surface area (Å²) in [6.45, 7) is 1.60. The van der Waals surface area contributed by atoms with Crippen LogP contribution in [-0.4, -0.2) is 57.6 Å². The van der Waals surface area contributed by atoms with Gasteiger partial charge in [-0.15, -0.1) is 0 Å². The largest absolute Gasteiger partial charge is 0.496 e. The number of benzene rings is 1. The number of hydrogen-bond acceptors (Lipinski definition) is 5. The van der Waals surface area contributed by atoms with Gasteiger partial charge in [-0.1, -0.05) is 0 Å². The Labute approximate surface area is 120 Å². The van der Waals surface area contributed by atoms with E-state index in [0.29, 0.717) is 23.8 Å². The molecule has 1 aromatic carbocycles. The van der Waals surface area contributed by atoms with Crippen molar-refractivity contribution in [1.82, 2.24) is 4.90 Å². The van der Waals surface area contributed by atoms with Crippen molar-refractivity contribution in [2.75, 3.05) is 41.5 Å². The second-order valence-corrected chi connectivity index (χ2v) is 5.17. The third-order valence-electron chi connectivity index (χ3n) is 3.91. The molecule has 1 N–H and O–H groups in total. The Bertz CT molecular complexity index is 438. The van der Waals surface area contributed by atoms with E-state index in [0.717, 1.165) is 18.5 Å². The summed E-state index contributed by atoms with van der Waals surface area (Å²) >= 11 is 0. The monoisotopic (exact) mass is 281 g/mol. The van der Waals surface area contributed by atoms with Gasteiger partial charge < -0.3 is 24.2 Å². The maximum Gasteiger partial charge on any atom is 0.129 e. The van der Waals surface area contributed by atoms with Gasteiger partial charge in [-0.2, -0.15) is 0 Å². The molecular weight excluding hydrogens is 258 g/mol. The molecule has 0 spiro atoms. The van der Waals surface area contributed by atoms with E-state index in [1.54, 1.807) is 21.3 Å². The van der Waals surface area contributed by atoms with Gasteiger partial charge in [0.2, 0.25) is 0 Å². The summed E-state index contributed by atoms with van der Waals surface area (Å²) in [7, 11) is 6.87. The second-order valence-electron chi connectivity index (χ2n) is 5.17. The van der Waals surface area contributed by atoms with E-state index in [1.165, 1.54) is 0 Å². The summed E-state index contributed by atoms with van der Waals surface area (Å²) in [5.41, 5.74) is 0.927. The highest BCUT2D eigenvalue weighted by Crippen LogP contribution is 2.42. The minimum atomic E-state index is -0.426. The first-order valence-corrected chi connectivity index (χ1v) is 6.77. The number of hydrogen-bond donors (Lipinski definition) is 1. The lowest BCUT2D eigenvalue weighted by Gasteiger charge is -2.35. The van der Waals surface area contributed by atoms with Crippen LogP contribution in [0.1, 0.15) is 17.9 Å². The van der Waals surface area contributed by atoms with Crippen LogP contribution in [-0.2, 0) is 0 Å². The Balaban J connectivity index is 2.43. The SMILES string of the molecule is COc1cc(OC)c([C@H]2CCN(C)C[C@H]2O)c(OC)c1. The van der Waals surface area contributed by atoms with Crippen molar-refractivity contribution in [3.8, 4) is 17.2 Å². The van der Waals surface area contributed by atoms with Crippen LogP contribution in [0.2, 0.25) is 0 Å². The van der Waals surface area contributed by atoms with E-state index < -0.39 is 6.10 Å². The quantitative estimate of drug-likeness (QED) is 0.906. The molecule has 0 amide bonds. The van der Waals surface area contributed by atoms with Gasteiger partial charge in [0.25, 0.3) is 0 Å².